The fourth-order valence-corrected chi connectivity index (χ4v) is 7.84. The van der Waals surface area contributed by atoms with Gasteiger partial charge >= 0.3 is 6.09 Å². The van der Waals surface area contributed by atoms with Crippen LogP contribution in [0.3, 0.4) is 0 Å². The van der Waals surface area contributed by atoms with Crippen LogP contribution in [0.15, 0.2) is 91.3 Å². The number of methoxy groups -OCH3 is 1. The van der Waals surface area contributed by atoms with Gasteiger partial charge in [0, 0.05) is 18.4 Å². The molecular weight excluding hydrogens is 664 g/mol. The van der Waals surface area contributed by atoms with E-state index >= 15 is 0 Å². The Hall–Kier alpha value is -5.88. The maximum Gasteiger partial charge on any atom is 0.407 e. The summed E-state index contributed by atoms with van der Waals surface area (Å²) in [6.45, 7) is -0.335. The second kappa shape index (κ2) is 12.4. The van der Waals surface area contributed by atoms with Crippen molar-refractivity contribution in [3.63, 3.8) is 0 Å². The first kappa shape index (κ1) is 32.1. The van der Waals surface area contributed by atoms with Crippen LogP contribution in [0.2, 0.25) is 0 Å². The number of hydrogen-bond donors (Lipinski definition) is 4. The highest BCUT2D eigenvalue weighted by atomic mass is 19.3. The summed E-state index contributed by atoms with van der Waals surface area (Å²) in [5.41, 5.74) is 8.76. The normalized spacial score (nSPS) is 20.6. The maximum atomic E-state index is 13.9. The average Bonchev–Trinajstić information content (AvgIpc) is 3.97. The lowest BCUT2D eigenvalue weighted by Crippen LogP contribution is -2.48. The molecule has 52 heavy (non-hydrogen) atoms. The van der Waals surface area contributed by atoms with Crippen molar-refractivity contribution in [1.29, 1.82) is 0 Å². The number of imidazole rings is 2. The number of hydrogen-bond acceptors (Lipinski definition) is 6. The highest BCUT2D eigenvalue weighted by molar-refractivity contribution is 6.02. The Kier molecular flexibility index (Phi) is 7.65. The van der Waals surface area contributed by atoms with Crippen molar-refractivity contribution in [3.8, 4) is 33.6 Å². The first-order valence-corrected chi connectivity index (χ1v) is 17.4. The van der Waals surface area contributed by atoms with Crippen LogP contribution in [0.4, 0.5) is 19.3 Å². The van der Waals surface area contributed by atoms with Gasteiger partial charge in [-0.2, -0.15) is 0 Å². The predicted octanol–water partition coefficient (Wildman–Crippen LogP) is 7.26. The lowest BCUT2D eigenvalue weighted by atomic mass is 9.98. The molecule has 2 amide bonds. The number of H-pyrrole nitrogens is 2. The van der Waals surface area contributed by atoms with Gasteiger partial charge in [0.25, 0.3) is 5.92 Å². The van der Waals surface area contributed by atoms with Gasteiger partial charge in [-0.1, -0.05) is 66.7 Å². The predicted molar refractivity (Wildman–Crippen MR) is 193 cm³/mol. The molecule has 3 aliphatic heterocycles. The molecule has 4 N–H and O–H groups in total. The minimum atomic E-state index is -2.72. The van der Waals surface area contributed by atoms with Crippen molar-refractivity contribution in [2.75, 3.05) is 18.6 Å². The molecule has 4 aromatic carbocycles. The topological polar surface area (TPSA) is 128 Å². The van der Waals surface area contributed by atoms with Crippen LogP contribution in [0.5, 0.6) is 0 Å². The highest BCUT2D eigenvalue weighted by Gasteiger charge is 2.43. The first-order chi connectivity index (χ1) is 25.2. The van der Waals surface area contributed by atoms with Gasteiger partial charge in [0.05, 0.1) is 55.2 Å². The third-order valence-corrected chi connectivity index (χ3v) is 10.5. The Morgan fingerprint density at radius 2 is 1.52 bits per heavy atom. The molecule has 0 radical (unpaired) electrons. The summed E-state index contributed by atoms with van der Waals surface area (Å²) in [6.07, 6.45) is 4.38. The van der Waals surface area contributed by atoms with Gasteiger partial charge in [0.2, 0.25) is 5.91 Å². The number of carbonyl (C=O) groups is 2. The van der Waals surface area contributed by atoms with Crippen molar-refractivity contribution in [2.24, 2.45) is 0 Å². The van der Waals surface area contributed by atoms with Gasteiger partial charge in [-0.15, -0.1) is 0 Å². The van der Waals surface area contributed by atoms with Crippen LogP contribution in [-0.2, 0) is 22.4 Å². The van der Waals surface area contributed by atoms with Gasteiger partial charge in [-0.3, -0.25) is 9.69 Å². The number of carbonyl (C=O) groups excluding carboxylic acids is 2. The number of aromatic amines is 2. The van der Waals surface area contributed by atoms with E-state index in [4.69, 9.17) is 9.72 Å². The monoisotopic (exact) mass is 699 g/mol. The Labute approximate surface area is 297 Å². The number of aromatic nitrogens is 4. The fraction of sp³-hybridized carbons (Fsp3) is 0.250. The van der Waals surface area contributed by atoms with Crippen LogP contribution in [0.25, 0.3) is 44.4 Å². The van der Waals surface area contributed by atoms with Crippen LogP contribution in [-0.4, -0.2) is 57.6 Å². The number of rotatable bonds is 6. The fourth-order valence-electron chi connectivity index (χ4n) is 7.84. The van der Waals surface area contributed by atoms with Gasteiger partial charge in [-0.05, 0) is 63.6 Å². The highest BCUT2D eigenvalue weighted by Crippen LogP contribution is 2.44. The zero-order chi connectivity index (χ0) is 35.6. The minimum absolute atomic E-state index is 0.171. The minimum Gasteiger partial charge on any atom is -0.453 e. The lowest BCUT2D eigenvalue weighted by Gasteiger charge is -2.27. The zero-order valence-electron chi connectivity index (χ0n) is 28.3. The Balaban J connectivity index is 0.928. The van der Waals surface area contributed by atoms with E-state index in [1.165, 1.54) is 7.11 Å². The molecule has 6 aromatic rings. The van der Waals surface area contributed by atoms with E-state index in [9.17, 15) is 18.4 Å². The Bertz CT molecular complexity index is 2350. The van der Waals surface area contributed by atoms with Gasteiger partial charge in [0.1, 0.15) is 17.7 Å². The summed E-state index contributed by atoms with van der Waals surface area (Å²) in [5.74, 6) is -1.68. The second-order valence-electron chi connectivity index (χ2n) is 13.8. The van der Waals surface area contributed by atoms with Crippen LogP contribution >= 0.6 is 0 Å². The number of alkyl carbamates (subject to hydrolysis) is 1. The van der Waals surface area contributed by atoms with E-state index in [0.29, 0.717) is 30.9 Å². The van der Waals surface area contributed by atoms with Crippen LogP contribution in [0.1, 0.15) is 47.7 Å². The summed E-state index contributed by atoms with van der Waals surface area (Å²) in [6, 6.07) is 25.3. The van der Waals surface area contributed by atoms with Crippen molar-refractivity contribution in [2.45, 2.75) is 49.7 Å². The van der Waals surface area contributed by atoms with E-state index in [2.05, 4.69) is 86.2 Å². The Morgan fingerprint density at radius 1 is 0.865 bits per heavy atom. The van der Waals surface area contributed by atoms with Crippen molar-refractivity contribution in [3.05, 3.63) is 114 Å². The number of nitrogens with zero attached hydrogens (tertiary/aromatic N) is 3. The first-order valence-electron chi connectivity index (χ1n) is 17.4. The number of halogens is 2. The van der Waals surface area contributed by atoms with E-state index in [0.717, 1.165) is 61.2 Å². The van der Waals surface area contributed by atoms with E-state index in [-0.39, 0.29) is 24.9 Å². The summed E-state index contributed by atoms with van der Waals surface area (Å²) in [7, 11) is 1.29. The molecule has 1 fully saturated rings. The SMILES string of the molecule is COC(=O)N[C@H]1CCc2cccc3c2N(C1=O)[C@H](c1ncc(-c2ccc(-c4ccc5cc(-c6cnc([C@@H]7CC(F)(F)CN7)[nH]6)ccc5c4)cc2)[nH]1)C3. The largest absolute Gasteiger partial charge is 0.453 e. The summed E-state index contributed by atoms with van der Waals surface area (Å²) < 4.78 is 32.2. The zero-order valence-corrected chi connectivity index (χ0v) is 28.3. The van der Waals surface area contributed by atoms with Gasteiger partial charge in [-0.25, -0.2) is 23.5 Å². The number of para-hydroxylation sites is 1. The molecule has 0 saturated carbocycles. The molecule has 0 bridgehead atoms. The summed E-state index contributed by atoms with van der Waals surface area (Å²) in [4.78, 5) is 43.6. The molecule has 0 unspecified atom stereocenters. The third-order valence-electron chi connectivity index (χ3n) is 10.5. The number of aryl methyl sites for hydroxylation is 1. The molecule has 3 atom stereocenters. The van der Waals surface area contributed by atoms with Gasteiger partial charge in [0.15, 0.2) is 0 Å². The maximum absolute atomic E-state index is 13.9. The number of anilines is 1. The quantitative estimate of drug-likeness (QED) is 0.145. The molecule has 262 valence electrons. The van der Waals surface area contributed by atoms with Gasteiger partial charge < -0.3 is 25.3 Å². The summed E-state index contributed by atoms with van der Waals surface area (Å²) >= 11 is 0. The van der Waals surface area contributed by atoms with Crippen LogP contribution in [0, 0.1) is 0 Å². The molecule has 3 aliphatic rings. The number of ether oxygens (including phenoxy) is 1. The number of amides is 2. The van der Waals surface area contributed by atoms with E-state index in [1.54, 1.807) is 17.3 Å². The molecule has 9 rings (SSSR count). The lowest BCUT2D eigenvalue weighted by molar-refractivity contribution is -0.121. The molecule has 2 aromatic heterocycles. The summed E-state index contributed by atoms with van der Waals surface area (Å²) in [5, 5.41) is 7.71. The van der Waals surface area contributed by atoms with Crippen molar-refractivity contribution < 1.29 is 23.1 Å². The third kappa shape index (κ3) is 5.69. The smallest absolute Gasteiger partial charge is 0.407 e. The van der Waals surface area contributed by atoms with E-state index in [1.807, 2.05) is 18.2 Å². The molecule has 5 heterocycles. The number of benzene rings is 4. The van der Waals surface area contributed by atoms with E-state index < -0.39 is 24.1 Å². The molecule has 1 saturated heterocycles. The van der Waals surface area contributed by atoms with Crippen molar-refractivity contribution >= 4 is 28.5 Å². The molecule has 10 nitrogen and oxygen atoms in total. The molecule has 0 aliphatic carbocycles. The number of fused-ring (bicyclic) bond motifs is 1. The average molecular weight is 700 g/mol. The molecule has 12 heteroatoms. The van der Waals surface area contributed by atoms with Crippen LogP contribution < -0.4 is 15.5 Å². The Morgan fingerprint density at radius 3 is 2.27 bits per heavy atom. The number of nitrogens with one attached hydrogen (secondary N) is 4. The number of alkyl halides is 2. The molecule has 0 spiro atoms. The second-order valence-corrected chi connectivity index (χ2v) is 13.8. The standard InChI is InChI=1S/C40H35F2N7O3/c1-52-39(51)48-30-14-13-24-3-2-4-29-17-34(49(35(24)29)38(30)50)37-44-19-32(47-37)23-7-5-22(6-8-23)25-9-10-27-16-28(12-11-26(27)15-25)33-20-43-36(46-33)31-18-40(41,42)21-45-31/h2-12,15-16,19-20,30-31,34,45H,13-14,17-18,21H2,1H3,(H,43,46)(H,44,47)(H,48,51)/t30-,31-,34-/m0/s1. The molecular formula is C40H35F2N7O3. The van der Waals surface area contributed by atoms with Crippen molar-refractivity contribution in [1.82, 2.24) is 30.6 Å².